The summed E-state index contributed by atoms with van der Waals surface area (Å²) in [5.41, 5.74) is 4.27. The first-order chi connectivity index (χ1) is 10.6. The fraction of sp³-hybridized carbons (Fsp3) is 0.353. The number of anilines is 1. The van der Waals surface area contributed by atoms with Gasteiger partial charge in [0.1, 0.15) is 0 Å². The highest BCUT2D eigenvalue weighted by molar-refractivity contribution is 5.82. The van der Waals surface area contributed by atoms with Crippen LogP contribution >= 0.6 is 0 Å². The molecule has 0 amide bonds. The summed E-state index contributed by atoms with van der Waals surface area (Å²) in [7, 11) is 0. The largest absolute Gasteiger partial charge is 0.352 e. The summed E-state index contributed by atoms with van der Waals surface area (Å²) >= 11 is 0. The van der Waals surface area contributed by atoms with Crippen molar-refractivity contribution in [3.63, 3.8) is 0 Å². The Morgan fingerprint density at radius 2 is 1.77 bits per heavy atom. The number of aromatic nitrogens is 4. The van der Waals surface area contributed by atoms with E-state index in [4.69, 9.17) is 5.10 Å². The third-order valence-corrected chi connectivity index (χ3v) is 3.47. The van der Waals surface area contributed by atoms with E-state index in [1.54, 1.807) is 0 Å². The van der Waals surface area contributed by atoms with Crippen LogP contribution in [0.5, 0.6) is 0 Å². The van der Waals surface area contributed by atoms with Gasteiger partial charge in [-0.2, -0.15) is 5.10 Å². The number of hydrogen-bond acceptors (Lipinski definition) is 4. The van der Waals surface area contributed by atoms with Gasteiger partial charge in [-0.3, -0.25) is 0 Å². The van der Waals surface area contributed by atoms with E-state index < -0.39 is 0 Å². The topological polar surface area (TPSA) is 55.1 Å². The SMILES string of the molecule is CC(C)Nc1ncc(-c2c(C(C)C)nn3ccccc23)cn1. The predicted molar refractivity (Wildman–Crippen MR) is 89.1 cm³/mol. The summed E-state index contributed by atoms with van der Waals surface area (Å²) in [6.07, 6.45) is 5.71. The van der Waals surface area contributed by atoms with Crippen molar-refractivity contribution in [2.45, 2.75) is 39.7 Å². The number of rotatable bonds is 4. The fourth-order valence-electron chi connectivity index (χ4n) is 2.51. The summed E-state index contributed by atoms with van der Waals surface area (Å²) in [5.74, 6) is 0.990. The highest BCUT2D eigenvalue weighted by Crippen LogP contribution is 2.32. The Morgan fingerprint density at radius 3 is 2.41 bits per heavy atom. The van der Waals surface area contributed by atoms with Crippen LogP contribution in [0.2, 0.25) is 0 Å². The van der Waals surface area contributed by atoms with E-state index in [0.717, 1.165) is 22.3 Å². The molecule has 0 spiro atoms. The second kappa shape index (κ2) is 5.75. The molecule has 0 radical (unpaired) electrons. The molecule has 0 aliphatic heterocycles. The van der Waals surface area contributed by atoms with Crippen molar-refractivity contribution in [2.75, 3.05) is 5.32 Å². The smallest absolute Gasteiger partial charge is 0.222 e. The van der Waals surface area contributed by atoms with Gasteiger partial charge in [0.25, 0.3) is 0 Å². The molecule has 0 saturated carbocycles. The molecule has 3 aromatic heterocycles. The zero-order chi connectivity index (χ0) is 15.7. The van der Waals surface area contributed by atoms with E-state index in [1.807, 2.05) is 35.2 Å². The maximum atomic E-state index is 4.70. The third kappa shape index (κ3) is 2.66. The van der Waals surface area contributed by atoms with Gasteiger partial charge in [-0.05, 0) is 31.9 Å². The lowest BCUT2D eigenvalue weighted by Crippen LogP contribution is -2.12. The molecule has 114 valence electrons. The number of nitrogens with zero attached hydrogens (tertiary/aromatic N) is 4. The van der Waals surface area contributed by atoms with E-state index in [1.165, 1.54) is 0 Å². The normalized spacial score (nSPS) is 11.5. The van der Waals surface area contributed by atoms with Crippen molar-refractivity contribution in [3.05, 3.63) is 42.5 Å². The minimum atomic E-state index is 0.314. The summed E-state index contributed by atoms with van der Waals surface area (Å²) < 4.78 is 1.92. The quantitative estimate of drug-likeness (QED) is 0.796. The molecule has 3 aromatic rings. The zero-order valence-electron chi connectivity index (χ0n) is 13.4. The van der Waals surface area contributed by atoms with Crippen LogP contribution in [0.4, 0.5) is 5.95 Å². The first-order valence-corrected chi connectivity index (χ1v) is 7.62. The Morgan fingerprint density at radius 1 is 1.05 bits per heavy atom. The highest BCUT2D eigenvalue weighted by Gasteiger charge is 2.17. The first kappa shape index (κ1) is 14.5. The van der Waals surface area contributed by atoms with Gasteiger partial charge in [-0.25, -0.2) is 14.5 Å². The van der Waals surface area contributed by atoms with E-state index in [9.17, 15) is 0 Å². The molecule has 0 aromatic carbocycles. The van der Waals surface area contributed by atoms with E-state index in [-0.39, 0.29) is 0 Å². The maximum absolute atomic E-state index is 4.70. The molecular formula is C17H21N5. The Kier molecular flexibility index (Phi) is 3.79. The van der Waals surface area contributed by atoms with Gasteiger partial charge < -0.3 is 5.32 Å². The predicted octanol–water partition coefficient (Wildman–Crippen LogP) is 3.74. The maximum Gasteiger partial charge on any atom is 0.222 e. The van der Waals surface area contributed by atoms with Crippen LogP contribution in [0, 0.1) is 0 Å². The van der Waals surface area contributed by atoms with Crippen LogP contribution in [-0.2, 0) is 0 Å². The van der Waals surface area contributed by atoms with Gasteiger partial charge in [0.05, 0.1) is 11.2 Å². The molecule has 0 aliphatic carbocycles. The van der Waals surface area contributed by atoms with Gasteiger partial charge in [-0.1, -0.05) is 19.9 Å². The van der Waals surface area contributed by atoms with Crippen LogP contribution in [0.3, 0.4) is 0 Å². The van der Waals surface area contributed by atoms with Gasteiger partial charge in [0, 0.05) is 35.8 Å². The zero-order valence-corrected chi connectivity index (χ0v) is 13.4. The molecule has 0 bridgehead atoms. The van der Waals surface area contributed by atoms with Gasteiger partial charge in [-0.15, -0.1) is 0 Å². The van der Waals surface area contributed by atoms with Crippen molar-refractivity contribution in [2.24, 2.45) is 0 Å². The van der Waals surface area contributed by atoms with Crippen molar-refractivity contribution in [1.29, 1.82) is 0 Å². The van der Waals surface area contributed by atoms with Crippen molar-refractivity contribution >= 4 is 11.5 Å². The first-order valence-electron chi connectivity index (χ1n) is 7.62. The molecule has 0 atom stereocenters. The third-order valence-electron chi connectivity index (χ3n) is 3.47. The van der Waals surface area contributed by atoms with Gasteiger partial charge >= 0.3 is 0 Å². The molecule has 5 heteroatoms. The van der Waals surface area contributed by atoms with Crippen LogP contribution in [0.15, 0.2) is 36.8 Å². The Labute approximate surface area is 130 Å². The molecule has 1 N–H and O–H groups in total. The Hall–Kier alpha value is -2.43. The minimum Gasteiger partial charge on any atom is -0.352 e. The van der Waals surface area contributed by atoms with Crippen LogP contribution in [-0.4, -0.2) is 25.6 Å². The Balaban J connectivity index is 2.10. The molecule has 5 nitrogen and oxygen atoms in total. The van der Waals surface area contributed by atoms with Crippen molar-refractivity contribution < 1.29 is 0 Å². The molecule has 3 rings (SSSR count). The summed E-state index contributed by atoms with van der Waals surface area (Å²) in [6.45, 7) is 8.44. The fourth-order valence-corrected chi connectivity index (χ4v) is 2.51. The second-order valence-electron chi connectivity index (χ2n) is 6.04. The minimum absolute atomic E-state index is 0.314. The second-order valence-corrected chi connectivity index (χ2v) is 6.04. The van der Waals surface area contributed by atoms with Crippen molar-refractivity contribution in [3.8, 4) is 11.1 Å². The molecular weight excluding hydrogens is 274 g/mol. The molecule has 0 saturated heterocycles. The summed E-state index contributed by atoms with van der Waals surface area (Å²) in [5, 5.41) is 7.91. The molecule has 0 aliphatic rings. The number of fused-ring (bicyclic) bond motifs is 1. The number of nitrogens with one attached hydrogen (secondary N) is 1. The van der Waals surface area contributed by atoms with E-state index in [0.29, 0.717) is 17.9 Å². The highest BCUT2D eigenvalue weighted by atomic mass is 15.2. The average Bonchev–Trinajstić information content (AvgIpc) is 2.87. The number of pyridine rings is 1. The van der Waals surface area contributed by atoms with Crippen molar-refractivity contribution in [1.82, 2.24) is 19.6 Å². The average molecular weight is 295 g/mol. The molecule has 3 heterocycles. The van der Waals surface area contributed by atoms with Crippen LogP contribution in [0.1, 0.15) is 39.3 Å². The van der Waals surface area contributed by atoms with Crippen LogP contribution < -0.4 is 5.32 Å². The lowest BCUT2D eigenvalue weighted by molar-refractivity contribution is 0.789. The van der Waals surface area contributed by atoms with Crippen LogP contribution in [0.25, 0.3) is 16.6 Å². The Bertz CT molecular complexity index is 771. The summed E-state index contributed by atoms with van der Waals surface area (Å²) in [4.78, 5) is 8.85. The lowest BCUT2D eigenvalue weighted by Gasteiger charge is -2.09. The molecule has 22 heavy (non-hydrogen) atoms. The van der Waals surface area contributed by atoms with Gasteiger partial charge in [0.2, 0.25) is 5.95 Å². The van der Waals surface area contributed by atoms with Gasteiger partial charge in [0.15, 0.2) is 0 Å². The molecule has 0 unspecified atom stereocenters. The standard InChI is InChI=1S/C17H21N5/c1-11(2)16-15(14-7-5-6-8-22(14)21-16)13-9-18-17(19-10-13)20-12(3)4/h5-12H,1-4H3,(H,18,19,20). The lowest BCUT2D eigenvalue weighted by atomic mass is 10.0. The monoisotopic (exact) mass is 295 g/mol. The molecule has 0 fully saturated rings. The van der Waals surface area contributed by atoms with E-state index >= 15 is 0 Å². The summed E-state index contributed by atoms with van der Waals surface area (Å²) in [6, 6.07) is 6.41. The number of hydrogen-bond donors (Lipinski definition) is 1. The van der Waals surface area contributed by atoms with E-state index in [2.05, 4.69) is 49.0 Å².